The summed E-state index contributed by atoms with van der Waals surface area (Å²) in [6.45, 7) is 1.48. The van der Waals surface area contributed by atoms with E-state index in [0.717, 1.165) is 17.8 Å². The first kappa shape index (κ1) is 8.79. The molecule has 0 saturated heterocycles. The fourth-order valence-corrected chi connectivity index (χ4v) is 2.08. The van der Waals surface area contributed by atoms with E-state index in [0.29, 0.717) is 12.6 Å². The average Bonchev–Trinajstić information content (AvgIpc) is 2.96. The van der Waals surface area contributed by atoms with Crippen molar-refractivity contribution in [3.05, 3.63) is 23.3 Å². The molecule has 0 radical (unpaired) electrons. The molecular weight excluding hydrogens is 194 g/mol. The second-order valence-corrected chi connectivity index (χ2v) is 4.09. The van der Waals surface area contributed by atoms with E-state index in [2.05, 4.69) is 14.9 Å². The van der Waals surface area contributed by atoms with Crippen molar-refractivity contribution in [2.24, 2.45) is 0 Å². The number of aromatic carboxylic acids is 1. The Hall–Kier alpha value is -1.49. The number of aromatic nitrogens is 2. The Bertz CT molecular complexity index is 429. The Kier molecular flexibility index (Phi) is 1.76. The van der Waals surface area contributed by atoms with Gasteiger partial charge in [0.05, 0.1) is 5.69 Å². The Balaban J connectivity index is 1.97. The molecule has 1 saturated carbocycles. The van der Waals surface area contributed by atoms with Crippen LogP contribution in [0.15, 0.2) is 6.33 Å². The smallest absolute Gasteiger partial charge is 0.354 e. The molecule has 1 aliphatic heterocycles. The van der Waals surface area contributed by atoms with E-state index in [4.69, 9.17) is 5.11 Å². The van der Waals surface area contributed by atoms with Gasteiger partial charge in [0.25, 0.3) is 0 Å². The van der Waals surface area contributed by atoms with Gasteiger partial charge in [0.15, 0.2) is 5.69 Å². The summed E-state index contributed by atoms with van der Waals surface area (Å²) in [7, 11) is 0. The molecule has 1 aliphatic carbocycles. The van der Waals surface area contributed by atoms with Crippen LogP contribution in [-0.4, -0.2) is 32.0 Å². The van der Waals surface area contributed by atoms with Crippen LogP contribution in [0, 0.1) is 0 Å². The summed E-state index contributed by atoms with van der Waals surface area (Å²) in [6, 6.07) is 0.640. The van der Waals surface area contributed by atoms with Crippen LogP contribution >= 0.6 is 0 Å². The molecule has 2 heterocycles. The monoisotopic (exact) mass is 205 g/mol. The van der Waals surface area contributed by atoms with Crippen molar-refractivity contribution in [3.63, 3.8) is 0 Å². The first-order chi connectivity index (χ1) is 7.25. The van der Waals surface area contributed by atoms with Crippen molar-refractivity contribution in [3.8, 4) is 0 Å². The summed E-state index contributed by atoms with van der Waals surface area (Å²) in [4.78, 5) is 21.2. The van der Waals surface area contributed by atoms with Crippen LogP contribution in [0.5, 0.6) is 0 Å². The molecule has 2 aliphatic rings. The van der Waals surface area contributed by atoms with Crippen LogP contribution < -0.4 is 0 Å². The first-order valence-electron chi connectivity index (χ1n) is 5.06. The second-order valence-electron chi connectivity index (χ2n) is 4.09. The van der Waals surface area contributed by atoms with E-state index < -0.39 is 5.97 Å². The lowest BCUT2D eigenvalue weighted by atomic mass is 10.2. The summed E-state index contributed by atoms with van der Waals surface area (Å²) >= 11 is 0. The molecule has 0 aromatic carbocycles. The standard InChI is InChI=1S/C10H11N3O2/c14-10(15)9-7-3-13(6-1-2-6)4-8(7)11-5-12-9/h5-6H,1-4H2,(H,14,15). The molecule has 0 amide bonds. The van der Waals surface area contributed by atoms with Gasteiger partial charge in [-0.2, -0.15) is 0 Å². The second kappa shape index (κ2) is 3.00. The largest absolute Gasteiger partial charge is 0.476 e. The lowest BCUT2D eigenvalue weighted by molar-refractivity contribution is 0.0688. The normalized spacial score (nSPS) is 20.3. The Morgan fingerprint density at radius 2 is 2.20 bits per heavy atom. The highest BCUT2D eigenvalue weighted by molar-refractivity contribution is 5.87. The SMILES string of the molecule is O=C(O)c1ncnc2c1CN(C1CC1)C2. The van der Waals surface area contributed by atoms with E-state index in [9.17, 15) is 4.79 Å². The molecule has 1 aromatic rings. The number of carboxylic acids is 1. The fraction of sp³-hybridized carbons (Fsp3) is 0.500. The van der Waals surface area contributed by atoms with E-state index >= 15 is 0 Å². The molecule has 0 atom stereocenters. The third-order valence-electron chi connectivity index (χ3n) is 3.01. The van der Waals surface area contributed by atoms with Gasteiger partial charge in [0.1, 0.15) is 6.33 Å². The summed E-state index contributed by atoms with van der Waals surface area (Å²) in [6.07, 6.45) is 3.80. The first-order valence-corrected chi connectivity index (χ1v) is 5.06. The number of carboxylic acid groups (broad SMARTS) is 1. The molecule has 5 heteroatoms. The number of carbonyl (C=O) groups is 1. The Morgan fingerprint density at radius 1 is 1.40 bits per heavy atom. The maximum Gasteiger partial charge on any atom is 0.354 e. The average molecular weight is 205 g/mol. The molecule has 15 heavy (non-hydrogen) atoms. The lowest BCUT2D eigenvalue weighted by Gasteiger charge is -2.11. The number of hydrogen-bond acceptors (Lipinski definition) is 4. The van der Waals surface area contributed by atoms with Gasteiger partial charge >= 0.3 is 5.97 Å². The van der Waals surface area contributed by atoms with Crippen LogP contribution in [-0.2, 0) is 13.1 Å². The van der Waals surface area contributed by atoms with Gasteiger partial charge in [0, 0.05) is 24.7 Å². The Morgan fingerprint density at radius 3 is 2.87 bits per heavy atom. The van der Waals surface area contributed by atoms with E-state index in [1.165, 1.54) is 19.2 Å². The fourth-order valence-electron chi connectivity index (χ4n) is 2.08. The van der Waals surface area contributed by atoms with Crippen molar-refractivity contribution in [1.29, 1.82) is 0 Å². The molecular formula is C10H11N3O2. The zero-order chi connectivity index (χ0) is 10.4. The highest BCUT2D eigenvalue weighted by atomic mass is 16.4. The molecule has 1 aromatic heterocycles. The van der Waals surface area contributed by atoms with E-state index in [1.807, 2.05) is 0 Å². The van der Waals surface area contributed by atoms with Crippen molar-refractivity contribution in [1.82, 2.24) is 14.9 Å². The predicted molar refractivity (Wildman–Crippen MR) is 51.3 cm³/mol. The number of nitrogens with zero attached hydrogens (tertiary/aromatic N) is 3. The maximum atomic E-state index is 10.9. The third kappa shape index (κ3) is 1.39. The van der Waals surface area contributed by atoms with E-state index in [1.54, 1.807) is 0 Å². The molecule has 78 valence electrons. The topological polar surface area (TPSA) is 66.3 Å². The number of fused-ring (bicyclic) bond motifs is 1. The van der Waals surface area contributed by atoms with Crippen molar-refractivity contribution in [2.75, 3.05) is 0 Å². The van der Waals surface area contributed by atoms with Crippen LogP contribution in [0.2, 0.25) is 0 Å². The van der Waals surface area contributed by atoms with Crippen LogP contribution in [0.4, 0.5) is 0 Å². The van der Waals surface area contributed by atoms with Gasteiger partial charge in [-0.15, -0.1) is 0 Å². The highest BCUT2D eigenvalue weighted by Crippen LogP contribution is 2.34. The summed E-state index contributed by atoms with van der Waals surface area (Å²) in [5.41, 5.74) is 1.86. The summed E-state index contributed by atoms with van der Waals surface area (Å²) in [5, 5.41) is 8.98. The van der Waals surface area contributed by atoms with Gasteiger partial charge in [-0.1, -0.05) is 0 Å². The molecule has 0 bridgehead atoms. The number of rotatable bonds is 2. The summed E-state index contributed by atoms with van der Waals surface area (Å²) in [5.74, 6) is -0.953. The molecule has 1 fully saturated rings. The zero-order valence-electron chi connectivity index (χ0n) is 8.18. The van der Waals surface area contributed by atoms with Crippen molar-refractivity contribution >= 4 is 5.97 Å². The van der Waals surface area contributed by atoms with Crippen LogP contribution in [0.25, 0.3) is 0 Å². The van der Waals surface area contributed by atoms with Crippen LogP contribution in [0.1, 0.15) is 34.6 Å². The van der Waals surface area contributed by atoms with Crippen molar-refractivity contribution < 1.29 is 9.90 Å². The van der Waals surface area contributed by atoms with Crippen molar-refractivity contribution in [2.45, 2.75) is 32.0 Å². The molecule has 0 unspecified atom stereocenters. The minimum Gasteiger partial charge on any atom is -0.476 e. The molecule has 0 spiro atoms. The third-order valence-corrected chi connectivity index (χ3v) is 3.01. The Labute approximate surface area is 86.8 Å². The van der Waals surface area contributed by atoms with Crippen LogP contribution in [0.3, 0.4) is 0 Å². The predicted octanol–water partition coefficient (Wildman–Crippen LogP) is 0.653. The van der Waals surface area contributed by atoms with Gasteiger partial charge in [-0.3, -0.25) is 4.90 Å². The maximum absolute atomic E-state index is 10.9. The quantitative estimate of drug-likeness (QED) is 0.768. The molecule has 3 rings (SSSR count). The van der Waals surface area contributed by atoms with Gasteiger partial charge < -0.3 is 5.11 Å². The van der Waals surface area contributed by atoms with Gasteiger partial charge in [-0.05, 0) is 12.8 Å². The molecule has 5 nitrogen and oxygen atoms in total. The molecule has 1 N–H and O–H groups in total. The minimum absolute atomic E-state index is 0.170. The number of hydrogen-bond donors (Lipinski definition) is 1. The lowest BCUT2D eigenvalue weighted by Crippen LogP contribution is -2.18. The van der Waals surface area contributed by atoms with E-state index in [-0.39, 0.29) is 5.69 Å². The minimum atomic E-state index is -0.953. The highest BCUT2D eigenvalue weighted by Gasteiger charge is 2.35. The van der Waals surface area contributed by atoms with Gasteiger partial charge in [0.2, 0.25) is 0 Å². The summed E-state index contributed by atoms with van der Waals surface area (Å²) < 4.78 is 0. The van der Waals surface area contributed by atoms with Gasteiger partial charge in [-0.25, -0.2) is 14.8 Å². The zero-order valence-corrected chi connectivity index (χ0v) is 8.18.